The number of hydrogen-bond donors (Lipinski definition) is 1. The summed E-state index contributed by atoms with van der Waals surface area (Å²) in [5, 5.41) is 4.02. The molecule has 9 nitrogen and oxygen atoms in total. The maximum Gasteiger partial charge on any atom is 0.263 e. The lowest BCUT2D eigenvalue weighted by atomic mass is 9.91. The Hall–Kier alpha value is -3.70. The second kappa shape index (κ2) is 9.16. The monoisotopic (exact) mass is 499 g/mol. The van der Waals surface area contributed by atoms with E-state index in [0.717, 1.165) is 0 Å². The predicted octanol–water partition coefficient (Wildman–Crippen LogP) is 3.82. The minimum atomic E-state index is -3.95. The van der Waals surface area contributed by atoms with Gasteiger partial charge >= 0.3 is 0 Å². The fourth-order valence-corrected chi connectivity index (χ4v) is 5.35. The van der Waals surface area contributed by atoms with Crippen LogP contribution >= 0.6 is 0 Å². The highest BCUT2D eigenvalue weighted by molar-refractivity contribution is 7.92. The van der Waals surface area contributed by atoms with Crippen LogP contribution in [0.25, 0.3) is 16.6 Å². The van der Waals surface area contributed by atoms with Gasteiger partial charge in [0.25, 0.3) is 15.6 Å². The Labute approximate surface area is 200 Å². The van der Waals surface area contributed by atoms with E-state index in [2.05, 4.69) is 14.4 Å². The van der Waals surface area contributed by atoms with E-state index in [1.54, 1.807) is 6.07 Å². The molecule has 11 heteroatoms. The first kappa shape index (κ1) is 23.1. The van der Waals surface area contributed by atoms with Crippen LogP contribution in [-0.2, 0) is 14.8 Å². The van der Waals surface area contributed by atoms with E-state index in [0.29, 0.717) is 48.3 Å². The molecule has 0 bridgehead atoms. The van der Waals surface area contributed by atoms with Crippen LogP contribution in [0.4, 0.5) is 10.2 Å². The molecule has 0 amide bonds. The number of benzene rings is 2. The molecule has 0 aliphatic carbocycles. The van der Waals surface area contributed by atoms with Crippen LogP contribution in [-0.4, -0.2) is 38.5 Å². The summed E-state index contributed by atoms with van der Waals surface area (Å²) in [6.07, 6.45) is 2.65. The quantitative estimate of drug-likeness (QED) is 0.429. The fraction of sp³-hybridized carbons (Fsp3) is 0.250. The molecule has 1 fully saturated rings. The topological polar surface area (TPSA) is 113 Å². The van der Waals surface area contributed by atoms with Crippen molar-refractivity contribution in [3.05, 3.63) is 76.5 Å². The van der Waals surface area contributed by atoms with Crippen molar-refractivity contribution in [2.45, 2.75) is 23.7 Å². The van der Waals surface area contributed by atoms with Gasteiger partial charge in [0.05, 0.1) is 23.2 Å². The molecule has 2 aromatic heterocycles. The summed E-state index contributed by atoms with van der Waals surface area (Å²) in [4.78, 5) is 12.9. The molecular weight excluding hydrogens is 477 g/mol. The SMILES string of the molecule is COc1cc(C2CCOCC2)c(F)cc1-n1c(=O)ccc2cc(S(=O)(=O)Nc3ccon3)ccc21. The second-order valence-corrected chi connectivity index (χ2v) is 9.83. The third kappa shape index (κ3) is 4.40. The van der Waals surface area contributed by atoms with E-state index in [1.165, 1.54) is 60.4 Å². The van der Waals surface area contributed by atoms with E-state index >= 15 is 4.39 Å². The number of pyridine rings is 1. The Bertz CT molecular complexity index is 1540. The molecule has 1 saturated heterocycles. The maximum atomic E-state index is 15.3. The molecular formula is C24H22FN3O6S. The summed E-state index contributed by atoms with van der Waals surface area (Å²) < 4.78 is 60.0. The lowest BCUT2D eigenvalue weighted by Crippen LogP contribution is -2.20. The van der Waals surface area contributed by atoms with Crippen LogP contribution in [0.5, 0.6) is 5.75 Å². The van der Waals surface area contributed by atoms with Gasteiger partial charge in [0.2, 0.25) is 0 Å². The number of ether oxygens (including phenoxy) is 2. The molecule has 0 unspecified atom stereocenters. The van der Waals surface area contributed by atoms with E-state index < -0.39 is 21.4 Å². The molecule has 0 atom stereocenters. The van der Waals surface area contributed by atoms with Gasteiger partial charge in [0.15, 0.2) is 5.82 Å². The van der Waals surface area contributed by atoms with Crippen molar-refractivity contribution in [3.63, 3.8) is 0 Å². The minimum absolute atomic E-state index is 0.000853. The number of aromatic nitrogens is 2. The van der Waals surface area contributed by atoms with Crippen molar-refractivity contribution in [2.75, 3.05) is 25.0 Å². The molecule has 35 heavy (non-hydrogen) atoms. The Balaban J connectivity index is 1.61. The summed E-state index contributed by atoms with van der Waals surface area (Å²) in [5.41, 5.74) is 0.738. The Morgan fingerprint density at radius 2 is 1.91 bits per heavy atom. The molecule has 1 aliphatic rings. The molecule has 0 radical (unpaired) electrons. The molecule has 0 spiro atoms. The van der Waals surface area contributed by atoms with Crippen molar-refractivity contribution in [2.24, 2.45) is 0 Å². The van der Waals surface area contributed by atoms with Crippen LogP contribution in [0.1, 0.15) is 24.3 Å². The van der Waals surface area contributed by atoms with Gasteiger partial charge in [0.1, 0.15) is 17.8 Å². The van der Waals surface area contributed by atoms with Gasteiger partial charge in [-0.2, -0.15) is 0 Å². The zero-order valence-corrected chi connectivity index (χ0v) is 19.5. The molecule has 1 N–H and O–H groups in total. The molecule has 182 valence electrons. The standard InChI is InChI=1S/C24H22FN3O6S/c1-32-22-13-18(15-6-9-33-10-7-15)19(25)14-21(22)28-20-4-3-17(12-16(20)2-5-24(28)29)35(30,31)27-23-8-11-34-26-23/h2-5,8,11-15H,6-7,9-10H2,1H3,(H,26,27). The molecule has 2 aromatic carbocycles. The summed E-state index contributed by atoms with van der Waals surface area (Å²) in [5.74, 6) is -0.0553. The first-order valence-corrected chi connectivity index (χ1v) is 12.4. The van der Waals surface area contributed by atoms with Crippen molar-refractivity contribution >= 4 is 26.7 Å². The minimum Gasteiger partial charge on any atom is -0.495 e. The van der Waals surface area contributed by atoms with E-state index in [4.69, 9.17) is 9.47 Å². The second-order valence-electron chi connectivity index (χ2n) is 8.15. The van der Waals surface area contributed by atoms with Crippen molar-refractivity contribution in [1.82, 2.24) is 9.72 Å². The summed E-state index contributed by atoms with van der Waals surface area (Å²) in [6.45, 7) is 1.13. The fourth-order valence-electron chi connectivity index (χ4n) is 4.32. The zero-order chi connectivity index (χ0) is 24.6. The van der Waals surface area contributed by atoms with E-state index in [9.17, 15) is 13.2 Å². The highest BCUT2D eigenvalue weighted by atomic mass is 32.2. The smallest absolute Gasteiger partial charge is 0.263 e. The highest BCUT2D eigenvalue weighted by Crippen LogP contribution is 2.35. The van der Waals surface area contributed by atoms with Gasteiger partial charge in [0, 0.05) is 36.8 Å². The number of sulfonamides is 1. The Kier molecular flexibility index (Phi) is 6.03. The Morgan fingerprint density at radius 3 is 2.63 bits per heavy atom. The predicted molar refractivity (Wildman–Crippen MR) is 126 cm³/mol. The van der Waals surface area contributed by atoms with Gasteiger partial charge < -0.3 is 14.0 Å². The first-order chi connectivity index (χ1) is 16.9. The van der Waals surface area contributed by atoms with Crippen molar-refractivity contribution in [1.29, 1.82) is 0 Å². The lowest BCUT2D eigenvalue weighted by molar-refractivity contribution is 0.0845. The summed E-state index contributed by atoms with van der Waals surface area (Å²) in [6, 6.07) is 11.4. The molecule has 4 aromatic rings. The van der Waals surface area contributed by atoms with Crippen molar-refractivity contribution in [3.8, 4) is 11.4 Å². The third-order valence-corrected chi connectivity index (χ3v) is 7.41. The number of nitrogens with zero attached hydrogens (tertiary/aromatic N) is 2. The summed E-state index contributed by atoms with van der Waals surface area (Å²) in [7, 11) is -2.50. The van der Waals surface area contributed by atoms with Crippen molar-refractivity contribution < 1.29 is 26.8 Å². The highest BCUT2D eigenvalue weighted by Gasteiger charge is 2.23. The number of fused-ring (bicyclic) bond motifs is 1. The first-order valence-electron chi connectivity index (χ1n) is 10.9. The average Bonchev–Trinajstić information content (AvgIpc) is 3.36. The van der Waals surface area contributed by atoms with Gasteiger partial charge in [-0.25, -0.2) is 12.8 Å². The normalized spacial score (nSPS) is 14.8. The number of anilines is 1. The van der Waals surface area contributed by atoms with Crippen LogP contribution in [0.15, 0.2) is 69.0 Å². The number of halogens is 1. The van der Waals surface area contributed by atoms with Crippen LogP contribution in [0.3, 0.4) is 0 Å². The van der Waals surface area contributed by atoms with Gasteiger partial charge in [-0.1, -0.05) is 5.16 Å². The number of rotatable bonds is 6. The van der Waals surface area contributed by atoms with Crippen LogP contribution in [0, 0.1) is 5.82 Å². The van der Waals surface area contributed by atoms with Crippen LogP contribution < -0.4 is 15.0 Å². The molecule has 3 heterocycles. The largest absolute Gasteiger partial charge is 0.495 e. The molecule has 5 rings (SSSR count). The average molecular weight is 500 g/mol. The molecule has 0 saturated carbocycles. The maximum absolute atomic E-state index is 15.3. The van der Waals surface area contributed by atoms with Gasteiger partial charge in [-0.3, -0.25) is 14.1 Å². The number of hydrogen-bond acceptors (Lipinski definition) is 7. The van der Waals surface area contributed by atoms with Gasteiger partial charge in [-0.15, -0.1) is 0 Å². The molecule has 1 aliphatic heterocycles. The van der Waals surface area contributed by atoms with Crippen LogP contribution in [0.2, 0.25) is 0 Å². The van der Waals surface area contributed by atoms with E-state index in [-0.39, 0.29) is 22.3 Å². The van der Waals surface area contributed by atoms with E-state index in [1.807, 2.05) is 0 Å². The zero-order valence-electron chi connectivity index (χ0n) is 18.7. The van der Waals surface area contributed by atoms with Gasteiger partial charge in [-0.05, 0) is 54.7 Å². The summed E-state index contributed by atoms with van der Waals surface area (Å²) >= 11 is 0. The Morgan fingerprint density at radius 1 is 1.11 bits per heavy atom. The number of methoxy groups -OCH3 is 1. The lowest BCUT2D eigenvalue weighted by Gasteiger charge is -2.24. The third-order valence-electron chi connectivity index (χ3n) is 6.05. The number of nitrogens with one attached hydrogen (secondary N) is 1.